The van der Waals surface area contributed by atoms with E-state index in [1.807, 2.05) is 30.3 Å². The lowest BCUT2D eigenvalue weighted by Gasteiger charge is -2.19. The Morgan fingerprint density at radius 3 is 2.48 bits per heavy atom. The number of aliphatic hydroxyl groups excluding tert-OH is 1. The molecule has 2 aromatic rings. The molecule has 4 nitrogen and oxygen atoms in total. The Labute approximate surface area is 124 Å². The maximum Gasteiger partial charge on any atom is 0.137 e. The minimum Gasteiger partial charge on any atom is -0.489 e. The number of rotatable bonds is 6. The largest absolute Gasteiger partial charge is 0.489 e. The number of hydrogen-bond donors (Lipinski definition) is 2. The van der Waals surface area contributed by atoms with E-state index in [-0.39, 0.29) is 6.61 Å². The Kier molecular flexibility index (Phi) is 5.33. The highest BCUT2D eigenvalue weighted by Gasteiger charge is 2.16. The molecule has 3 N–H and O–H groups in total. The first-order valence-electron chi connectivity index (χ1n) is 6.80. The summed E-state index contributed by atoms with van der Waals surface area (Å²) in [6.07, 6.45) is -0.220. The van der Waals surface area contributed by atoms with Crippen molar-refractivity contribution >= 4 is 0 Å². The fraction of sp³-hybridized carbons (Fsp3) is 0.235. The molecule has 0 aromatic heterocycles. The number of nitrogens with two attached hydrogens (primary N) is 1. The van der Waals surface area contributed by atoms with Gasteiger partial charge in [-0.1, -0.05) is 42.5 Å². The Hall–Kier alpha value is -2.35. The highest BCUT2D eigenvalue weighted by molar-refractivity contribution is 5.42. The van der Waals surface area contributed by atoms with Gasteiger partial charge in [0.2, 0.25) is 0 Å². The molecule has 21 heavy (non-hydrogen) atoms. The average molecular weight is 282 g/mol. The summed E-state index contributed by atoms with van der Waals surface area (Å²) in [5, 5.41) is 19.0. The molecule has 0 fully saturated rings. The first-order chi connectivity index (χ1) is 10.2. The van der Waals surface area contributed by atoms with Gasteiger partial charge in [0.1, 0.15) is 24.5 Å². The van der Waals surface area contributed by atoms with Gasteiger partial charge in [0.25, 0.3) is 0 Å². The molecule has 0 saturated heterocycles. The second-order valence-corrected chi connectivity index (χ2v) is 4.84. The SMILES string of the molecule is N#Cc1ccccc1OCC(O)C(N)Cc1ccccc1. The first kappa shape index (κ1) is 15.0. The molecule has 2 aromatic carbocycles. The van der Waals surface area contributed by atoms with Crippen molar-refractivity contribution in [1.29, 1.82) is 5.26 Å². The lowest BCUT2D eigenvalue weighted by molar-refractivity contribution is 0.0850. The fourth-order valence-electron chi connectivity index (χ4n) is 2.01. The zero-order valence-electron chi connectivity index (χ0n) is 11.6. The van der Waals surface area contributed by atoms with E-state index < -0.39 is 12.1 Å². The van der Waals surface area contributed by atoms with Gasteiger partial charge >= 0.3 is 0 Å². The molecule has 2 atom stereocenters. The van der Waals surface area contributed by atoms with Crippen molar-refractivity contribution in [3.8, 4) is 11.8 Å². The summed E-state index contributed by atoms with van der Waals surface area (Å²) >= 11 is 0. The molecule has 0 amide bonds. The summed E-state index contributed by atoms with van der Waals surface area (Å²) in [6, 6.07) is 18.3. The number of ether oxygens (including phenoxy) is 1. The molecule has 0 aliphatic carbocycles. The van der Waals surface area contributed by atoms with Crippen LogP contribution in [0, 0.1) is 11.3 Å². The van der Waals surface area contributed by atoms with Crippen molar-refractivity contribution in [3.05, 3.63) is 65.7 Å². The summed E-state index contributed by atoms with van der Waals surface area (Å²) in [6.45, 7) is 0.0622. The van der Waals surface area contributed by atoms with Crippen molar-refractivity contribution in [2.75, 3.05) is 6.61 Å². The summed E-state index contributed by atoms with van der Waals surface area (Å²) in [5.74, 6) is 0.464. The smallest absolute Gasteiger partial charge is 0.137 e. The fourth-order valence-corrected chi connectivity index (χ4v) is 2.01. The van der Waals surface area contributed by atoms with Crippen LogP contribution in [0.4, 0.5) is 0 Å². The van der Waals surface area contributed by atoms with E-state index in [1.54, 1.807) is 24.3 Å². The first-order valence-corrected chi connectivity index (χ1v) is 6.80. The third-order valence-corrected chi connectivity index (χ3v) is 3.23. The van der Waals surface area contributed by atoms with Crippen LogP contribution in [-0.4, -0.2) is 23.9 Å². The van der Waals surface area contributed by atoms with Crippen LogP contribution < -0.4 is 10.5 Å². The number of hydrogen-bond acceptors (Lipinski definition) is 4. The molecule has 4 heteroatoms. The Balaban J connectivity index is 1.89. The summed E-state index contributed by atoms with van der Waals surface area (Å²) < 4.78 is 5.50. The van der Waals surface area contributed by atoms with Crippen LogP contribution in [-0.2, 0) is 6.42 Å². The van der Waals surface area contributed by atoms with Crippen LogP contribution in [0.3, 0.4) is 0 Å². The molecule has 108 valence electrons. The number of para-hydroxylation sites is 1. The molecule has 0 bridgehead atoms. The van der Waals surface area contributed by atoms with Gasteiger partial charge < -0.3 is 15.6 Å². The molecule has 0 aliphatic rings. The van der Waals surface area contributed by atoms with Gasteiger partial charge in [-0.2, -0.15) is 5.26 Å². The van der Waals surface area contributed by atoms with Crippen LogP contribution in [0.25, 0.3) is 0 Å². The second kappa shape index (κ2) is 7.44. The minimum absolute atomic E-state index is 0.0622. The Morgan fingerprint density at radius 2 is 1.76 bits per heavy atom. The quantitative estimate of drug-likeness (QED) is 0.847. The predicted octanol–water partition coefficient (Wildman–Crippen LogP) is 1.87. The predicted molar refractivity (Wildman–Crippen MR) is 80.8 cm³/mol. The van der Waals surface area contributed by atoms with Gasteiger partial charge in [-0.25, -0.2) is 0 Å². The lowest BCUT2D eigenvalue weighted by atomic mass is 10.0. The van der Waals surface area contributed by atoms with E-state index in [4.69, 9.17) is 15.7 Å². The number of nitrogens with zero attached hydrogens (tertiary/aromatic N) is 1. The topological polar surface area (TPSA) is 79.3 Å². The summed E-state index contributed by atoms with van der Waals surface area (Å²) in [7, 11) is 0. The Morgan fingerprint density at radius 1 is 1.10 bits per heavy atom. The molecule has 0 radical (unpaired) electrons. The summed E-state index contributed by atoms with van der Waals surface area (Å²) in [4.78, 5) is 0. The highest BCUT2D eigenvalue weighted by Crippen LogP contribution is 2.17. The maximum absolute atomic E-state index is 10.1. The van der Waals surface area contributed by atoms with Crippen molar-refractivity contribution in [3.63, 3.8) is 0 Å². The van der Waals surface area contributed by atoms with Gasteiger partial charge in [0, 0.05) is 6.04 Å². The number of nitriles is 1. The van der Waals surface area contributed by atoms with Gasteiger partial charge in [-0.05, 0) is 24.1 Å². The molecule has 0 spiro atoms. The van der Waals surface area contributed by atoms with Gasteiger partial charge in [0.15, 0.2) is 0 Å². The summed E-state index contributed by atoms with van der Waals surface area (Å²) in [5.41, 5.74) is 7.51. The van der Waals surface area contributed by atoms with E-state index >= 15 is 0 Å². The minimum atomic E-state index is -0.794. The van der Waals surface area contributed by atoms with E-state index in [0.717, 1.165) is 5.56 Å². The molecular weight excluding hydrogens is 264 g/mol. The van der Waals surface area contributed by atoms with Crippen molar-refractivity contribution < 1.29 is 9.84 Å². The maximum atomic E-state index is 10.1. The highest BCUT2D eigenvalue weighted by atomic mass is 16.5. The molecule has 0 saturated carbocycles. The van der Waals surface area contributed by atoms with Crippen LogP contribution >= 0.6 is 0 Å². The second-order valence-electron chi connectivity index (χ2n) is 4.84. The number of aliphatic hydroxyl groups is 1. The van der Waals surface area contributed by atoms with Crippen LogP contribution in [0.1, 0.15) is 11.1 Å². The standard InChI is InChI=1S/C17H18N2O2/c18-11-14-8-4-5-9-17(14)21-12-16(20)15(19)10-13-6-2-1-3-7-13/h1-9,15-16,20H,10,12,19H2. The molecular formula is C17H18N2O2. The Bertz CT molecular complexity index is 608. The van der Waals surface area contributed by atoms with Gasteiger partial charge in [-0.3, -0.25) is 0 Å². The third kappa shape index (κ3) is 4.32. The molecule has 0 heterocycles. The third-order valence-electron chi connectivity index (χ3n) is 3.23. The molecule has 2 rings (SSSR count). The zero-order valence-corrected chi connectivity index (χ0v) is 11.6. The van der Waals surface area contributed by atoms with Crippen molar-refractivity contribution in [1.82, 2.24) is 0 Å². The van der Waals surface area contributed by atoms with Crippen LogP contribution in [0.15, 0.2) is 54.6 Å². The van der Waals surface area contributed by atoms with Crippen LogP contribution in [0.5, 0.6) is 5.75 Å². The van der Waals surface area contributed by atoms with E-state index in [0.29, 0.717) is 17.7 Å². The van der Waals surface area contributed by atoms with Crippen LogP contribution in [0.2, 0.25) is 0 Å². The monoisotopic (exact) mass is 282 g/mol. The lowest BCUT2D eigenvalue weighted by Crippen LogP contribution is -2.40. The normalized spacial score (nSPS) is 13.2. The average Bonchev–Trinajstić information content (AvgIpc) is 2.53. The van der Waals surface area contributed by atoms with Crippen molar-refractivity contribution in [2.45, 2.75) is 18.6 Å². The molecule has 0 aliphatic heterocycles. The van der Waals surface area contributed by atoms with E-state index in [1.165, 1.54) is 0 Å². The molecule has 2 unspecified atom stereocenters. The van der Waals surface area contributed by atoms with E-state index in [2.05, 4.69) is 6.07 Å². The van der Waals surface area contributed by atoms with E-state index in [9.17, 15) is 5.11 Å². The number of benzene rings is 2. The van der Waals surface area contributed by atoms with Gasteiger partial charge in [0.05, 0.1) is 5.56 Å². The van der Waals surface area contributed by atoms with Gasteiger partial charge in [-0.15, -0.1) is 0 Å². The van der Waals surface area contributed by atoms with Crippen molar-refractivity contribution in [2.24, 2.45) is 5.73 Å². The zero-order chi connectivity index (χ0) is 15.1.